The molecule has 2 aromatic carbocycles. The van der Waals surface area contributed by atoms with Crippen molar-refractivity contribution in [2.45, 2.75) is 51.7 Å². The van der Waals surface area contributed by atoms with Crippen molar-refractivity contribution in [3.05, 3.63) is 82.4 Å². The zero-order valence-corrected chi connectivity index (χ0v) is 20.4. The summed E-state index contributed by atoms with van der Waals surface area (Å²) in [5, 5.41) is 27.0. The van der Waals surface area contributed by atoms with Crippen LogP contribution in [0.15, 0.2) is 61.2 Å². The first kappa shape index (κ1) is 26.4. The Morgan fingerprint density at radius 1 is 1.16 bits per heavy atom. The van der Waals surface area contributed by atoms with Gasteiger partial charge in [-0.2, -0.15) is 0 Å². The van der Waals surface area contributed by atoms with Crippen molar-refractivity contribution in [3.63, 3.8) is 0 Å². The molecule has 1 amide bonds. The second kappa shape index (κ2) is 11.9. The molecule has 2 aromatic rings. The lowest BCUT2D eigenvalue weighted by atomic mass is 9.72. The maximum absolute atomic E-state index is 13.3. The number of aliphatic hydroxyl groups is 1. The number of allylic oxidation sites excluding steroid dienone is 1. The fourth-order valence-corrected chi connectivity index (χ4v) is 4.18. The Hall–Kier alpha value is -1.85. The minimum atomic E-state index is -0.886. The number of halogens is 2. The first-order valence-electron chi connectivity index (χ1n) is 10.8. The molecule has 0 aliphatic heterocycles. The smallest absolute Gasteiger partial charge is 0.226 e. The van der Waals surface area contributed by atoms with E-state index in [0.717, 1.165) is 5.56 Å². The number of rotatable bonds is 11. The van der Waals surface area contributed by atoms with Crippen molar-refractivity contribution in [2.24, 2.45) is 11.3 Å². The zero-order valence-electron chi connectivity index (χ0n) is 18.9. The van der Waals surface area contributed by atoms with Crippen LogP contribution in [0.25, 0.3) is 0 Å². The van der Waals surface area contributed by atoms with Gasteiger partial charge in [-0.25, -0.2) is 0 Å². The Balaban J connectivity index is 2.44. The highest BCUT2D eigenvalue weighted by molar-refractivity contribution is 6.30. The van der Waals surface area contributed by atoms with E-state index in [-0.39, 0.29) is 11.8 Å². The van der Waals surface area contributed by atoms with E-state index in [9.17, 15) is 15.0 Å². The van der Waals surface area contributed by atoms with Crippen LogP contribution >= 0.6 is 23.2 Å². The average molecular weight is 477 g/mol. The van der Waals surface area contributed by atoms with E-state index in [4.69, 9.17) is 23.2 Å². The van der Waals surface area contributed by atoms with Crippen LogP contribution in [0, 0.1) is 11.3 Å². The number of aliphatic hydroxyl groups excluding tert-OH is 1. The summed E-state index contributed by atoms with van der Waals surface area (Å²) in [6.07, 6.45) is 1.54. The summed E-state index contributed by atoms with van der Waals surface area (Å²) in [7, 11) is 0. The van der Waals surface area contributed by atoms with Gasteiger partial charge in [0.15, 0.2) is 0 Å². The van der Waals surface area contributed by atoms with Crippen LogP contribution in [0.3, 0.4) is 0 Å². The summed E-state index contributed by atoms with van der Waals surface area (Å²) >= 11 is 12.3. The maximum atomic E-state index is 13.3. The molecule has 32 heavy (non-hydrogen) atoms. The standard InChI is InChI=1S/C26H32Cl2NO3/c1-5-13-26(4,25(32)29-23(16-30)17(2)3)15-22(19-7-6-8-21(28)14-19)24(31)18-9-11-20(27)12-10-18/h5-12,14,17,22-24,31H,1,13,15-16H2,2-4H3,(H,29,32)/q-1/t22-,23-,24+,26+/m1/s1. The monoisotopic (exact) mass is 476 g/mol. The summed E-state index contributed by atoms with van der Waals surface area (Å²) < 4.78 is 0. The van der Waals surface area contributed by atoms with Crippen molar-refractivity contribution in [2.75, 3.05) is 6.61 Å². The van der Waals surface area contributed by atoms with Gasteiger partial charge in [0.1, 0.15) is 0 Å². The molecule has 0 saturated carbocycles. The molecule has 0 saturated heterocycles. The molecule has 0 spiro atoms. The van der Waals surface area contributed by atoms with Gasteiger partial charge in [0.25, 0.3) is 0 Å². The summed E-state index contributed by atoms with van der Waals surface area (Å²) in [6, 6.07) is 13.9. The Bertz CT molecular complexity index is 900. The molecule has 4 nitrogen and oxygen atoms in total. The highest BCUT2D eigenvalue weighted by Crippen LogP contribution is 2.43. The molecular weight excluding hydrogens is 445 g/mol. The lowest BCUT2D eigenvalue weighted by Gasteiger charge is -2.36. The average Bonchev–Trinajstić information content (AvgIpc) is 2.75. The Morgan fingerprint density at radius 2 is 1.81 bits per heavy atom. The van der Waals surface area contributed by atoms with Gasteiger partial charge in [0.05, 0.1) is 11.5 Å². The van der Waals surface area contributed by atoms with Crippen LogP contribution in [0.1, 0.15) is 56.8 Å². The van der Waals surface area contributed by atoms with E-state index < -0.39 is 30.1 Å². The molecule has 0 aliphatic rings. The van der Waals surface area contributed by atoms with Gasteiger partial charge in [-0.15, -0.1) is 13.2 Å². The summed E-state index contributed by atoms with van der Waals surface area (Å²) in [4.78, 5) is 13.3. The normalized spacial score (nSPS) is 16.1. The van der Waals surface area contributed by atoms with E-state index in [2.05, 4.69) is 11.9 Å². The summed E-state index contributed by atoms with van der Waals surface area (Å²) in [5.41, 5.74) is 0.636. The number of carbonyl (C=O) groups is 1. The third-order valence-electron chi connectivity index (χ3n) is 5.98. The van der Waals surface area contributed by atoms with Crippen LogP contribution in [0.2, 0.25) is 10.0 Å². The molecule has 0 bridgehead atoms. The number of carbonyl (C=O) groups excluding carboxylic acids is 1. The molecule has 0 heterocycles. The van der Waals surface area contributed by atoms with Crippen molar-refractivity contribution in [1.82, 2.24) is 5.32 Å². The molecule has 6 heteroatoms. The summed E-state index contributed by atoms with van der Waals surface area (Å²) in [6.45, 7) is 9.10. The van der Waals surface area contributed by atoms with Gasteiger partial charge in [-0.1, -0.05) is 74.3 Å². The van der Waals surface area contributed by atoms with Crippen LogP contribution in [-0.4, -0.2) is 23.7 Å². The van der Waals surface area contributed by atoms with E-state index >= 15 is 0 Å². The van der Waals surface area contributed by atoms with Crippen LogP contribution in [-0.2, 0) is 4.79 Å². The third-order valence-corrected chi connectivity index (χ3v) is 6.47. The molecule has 174 valence electrons. The number of hydrogen-bond donors (Lipinski definition) is 2. The minimum absolute atomic E-state index is 0.0211. The van der Waals surface area contributed by atoms with Gasteiger partial charge in [0.2, 0.25) is 5.91 Å². The highest BCUT2D eigenvalue weighted by atomic mass is 35.5. The molecule has 0 aromatic heterocycles. The second-order valence-corrected chi connectivity index (χ2v) is 9.78. The van der Waals surface area contributed by atoms with Gasteiger partial charge in [-0.05, 0) is 54.2 Å². The molecule has 4 atom stereocenters. The first-order chi connectivity index (χ1) is 15.1. The van der Waals surface area contributed by atoms with Gasteiger partial charge >= 0.3 is 0 Å². The quantitative estimate of drug-likeness (QED) is 0.433. The Labute approximate surface area is 201 Å². The number of benzene rings is 2. The molecule has 0 unspecified atom stereocenters. The topological polar surface area (TPSA) is 72.4 Å². The zero-order chi connectivity index (χ0) is 23.9. The Kier molecular flexibility index (Phi) is 9.78. The lowest BCUT2D eigenvalue weighted by Crippen LogP contribution is -2.50. The maximum Gasteiger partial charge on any atom is 0.226 e. The first-order valence-corrected chi connectivity index (χ1v) is 11.6. The molecule has 2 N–H and O–H groups in total. The Morgan fingerprint density at radius 3 is 2.34 bits per heavy atom. The van der Waals surface area contributed by atoms with E-state index in [0.29, 0.717) is 28.5 Å². The SMILES string of the molecule is C=CC[C@@](C)(C[C@H](c1cccc(Cl)c1)[C@@H](O)c1ccc(Cl)cc1)C(=O)N[C@H](C[O-])C(C)C. The molecule has 2 rings (SSSR count). The lowest BCUT2D eigenvalue weighted by molar-refractivity contribution is -0.374. The third kappa shape index (κ3) is 6.82. The molecule has 0 fully saturated rings. The van der Waals surface area contributed by atoms with E-state index in [1.807, 2.05) is 39.0 Å². The molecular formula is C26H32Cl2NO3-. The predicted octanol–water partition coefficient (Wildman–Crippen LogP) is 5.28. The van der Waals surface area contributed by atoms with E-state index in [1.54, 1.807) is 36.4 Å². The number of amides is 1. The number of hydrogen-bond acceptors (Lipinski definition) is 3. The predicted molar refractivity (Wildman–Crippen MR) is 130 cm³/mol. The van der Waals surface area contributed by atoms with Gasteiger partial charge in [0, 0.05) is 22.0 Å². The fourth-order valence-electron chi connectivity index (χ4n) is 3.86. The minimum Gasteiger partial charge on any atom is -0.853 e. The molecule has 0 aliphatic carbocycles. The van der Waals surface area contributed by atoms with Crippen LogP contribution in [0.4, 0.5) is 0 Å². The van der Waals surface area contributed by atoms with Crippen molar-refractivity contribution >= 4 is 29.1 Å². The second-order valence-electron chi connectivity index (χ2n) is 8.91. The largest absolute Gasteiger partial charge is 0.853 e. The van der Waals surface area contributed by atoms with Crippen LogP contribution in [0.5, 0.6) is 0 Å². The van der Waals surface area contributed by atoms with Crippen LogP contribution < -0.4 is 10.4 Å². The fraction of sp³-hybridized carbons (Fsp3) is 0.423. The summed E-state index contributed by atoms with van der Waals surface area (Å²) in [5.74, 6) is -0.620. The van der Waals surface area contributed by atoms with E-state index in [1.165, 1.54) is 0 Å². The van der Waals surface area contributed by atoms with Crippen molar-refractivity contribution in [3.8, 4) is 0 Å². The van der Waals surface area contributed by atoms with Gasteiger partial charge in [-0.3, -0.25) is 4.79 Å². The van der Waals surface area contributed by atoms with Crippen molar-refractivity contribution < 1.29 is 15.0 Å². The molecule has 0 radical (unpaired) electrons. The van der Waals surface area contributed by atoms with Crippen molar-refractivity contribution in [1.29, 1.82) is 0 Å². The highest BCUT2D eigenvalue weighted by Gasteiger charge is 2.38. The van der Waals surface area contributed by atoms with Gasteiger partial charge < -0.3 is 15.5 Å². The number of nitrogens with one attached hydrogen (secondary N) is 1.